The number of aryl methyl sites for hydroxylation is 1. The molecule has 0 saturated heterocycles. The minimum absolute atomic E-state index is 0.315. The zero-order chi connectivity index (χ0) is 15.6. The molecule has 0 spiro atoms. The molecule has 0 atom stereocenters. The van der Waals surface area contributed by atoms with Crippen LogP contribution in [0.4, 0.5) is 0 Å². The number of hydrogen-bond acceptors (Lipinski definition) is 5. The zero-order valence-corrected chi connectivity index (χ0v) is 14.0. The van der Waals surface area contributed by atoms with E-state index in [1.165, 1.54) is 15.6 Å². The van der Waals surface area contributed by atoms with E-state index in [9.17, 15) is 8.42 Å². The Kier molecular flexibility index (Phi) is 4.77. The summed E-state index contributed by atoms with van der Waals surface area (Å²) < 4.78 is 26.8. The maximum Gasteiger partial charge on any atom is 0.243 e. The van der Waals surface area contributed by atoms with E-state index in [-0.39, 0.29) is 0 Å². The highest BCUT2D eigenvalue weighted by molar-refractivity contribution is 7.89. The highest BCUT2D eigenvalue weighted by Gasteiger charge is 2.24. The molecule has 2 rings (SSSR count). The van der Waals surface area contributed by atoms with Gasteiger partial charge in [-0.25, -0.2) is 13.4 Å². The second-order valence-electron chi connectivity index (χ2n) is 4.87. The van der Waals surface area contributed by atoms with Gasteiger partial charge in [0.2, 0.25) is 10.0 Å². The molecular formula is C14H19N3O2S2. The third-order valence-corrected chi connectivity index (χ3v) is 6.38. The summed E-state index contributed by atoms with van der Waals surface area (Å²) in [7, 11) is -1.95. The summed E-state index contributed by atoms with van der Waals surface area (Å²) in [4.78, 5) is 5.42. The zero-order valence-electron chi connectivity index (χ0n) is 12.3. The third kappa shape index (κ3) is 3.16. The van der Waals surface area contributed by atoms with Crippen LogP contribution in [-0.4, -0.2) is 24.8 Å². The van der Waals surface area contributed by atoms with Gasteiger partial charge in [-0.1, -0.05) is 12.1 Å². The average molecular weight is 325 g/mol. The Morgan fingerprint density at radius 3 is 2.62 bits per heavy atom. The van der Waals surface area contributed by atoms with Crippen LogP contribution in [0, 0.1) is 13.8 Å². The molecule has 0 fully saturated rings. The first-order chi connectivity index (χ1) is 9.87. The summed E-state index contributed by atoms with van der Waals surface area (Å²) >= 11 is 1.46. The van der Waals surface area contributed by atoms with Crippen LogP contribution in [0.25, 0.3) is 0 Å². The van der Waals surface area contributed by atoms with Crippen molar-refractivity contribution in [3.63, 3.8) is 0 Å². The van der Waals surface area contributed by atoms with Crippen LogP contribution >= 0.6 is 11.3 Å². The van der Waals surface area contributed by atoms with Gasteiger partial charge in [0.1, 0.15) is 0 Å². The van der Waals surface area contributed by atoms with Crippen LogP contribution in [0.1, 0.15) is 21.7 Å². The molecule has 0 aliphatic rings. The maximum atomic E-state index is 12.7. The van der Waals surface area contributed by atoms with Crippen LogP contribution in [-0.2, 0) is 23.1 Å². The van der Waals surface area contributed by atoms with Crippen molar-refractivity contribution in [2.24, 2.45) is 5.73 Å². The second kappa shape index (κ2) is 6.23. The molecule has 0 aliphatic heterocycles. The number of thiazole rings is 1. The third-order valence-electron chi connectivity index (χ3n) is 3.52. The highest BCUT2D eigenvalue weighted by Crippen LogP contribution is 2.24. The molecule has 0 unspecified atom stereocenters. The van der Waals surface area contributed by atoms with Gasteiger partial charge in [0.15, 0.2) is 0 Å². The highest BCUT2D eigenvalue weighted by atomic mass is 32.2. The Bertz CT molecular complexity index is 738. The van der Waals surface area contributed by atoms with E-state index >= 15 is 0 Å². The van der Waals surface area contributed by atoms with Crippen LogP contribution < -0.4 is 5.73 Å². The summed E-state index contributed by atoms with van der Waals surface area (Å²) in [6.45, 7) is 4.32. The molecule has 114 valence electrons. The van der Waals surface area contributed by atoms with Gasteiger partial charge in [0.05, 0.1) is 16.1 Å². The van der Waals surface area contributed by atoms with Crippen LogP contribution in [0.15, 0.2) is 28.6 Å². The quantitative estimate of drug-likeness (QED) is 0.912. The Balaban J connectivity index is 2.36. The van der Waals surface area contributed by atoms with Crippen LogP contribution in [0.5, 0.6) is 0 Å². The van der Waals surface area contributed by atoms with Crippen molar-refractivity contribution >= 4 is 21.4 Å². The standard InChI is InChI=1S/C14H19N3O2S2/c1-10-12(7-15)5-4-6-14(10)21(18,19)17(3)8-13-11(2)16-9-20-13/h4-6,9H,7-8,15H2,1-3H3. The lowest BCUT2D eigenvalue weighted by atomic mass is 10.1. The van der Waals surface area contributed by atoms with Crippen molar-refractivity contribution in [2.75, 3.05) is 7.05 Å². The molecule has 0 radical (unpaired) electrons. The lowest BCUT2D eigenvalue weighted by Gasteiger charge is -2.19. The molecule has 5 nitrogen and oxygen atoms in total. The monoisotopic (exact) mass is 325 g/mol. The number of rotatable bonds is 5. The molecule has 1 aromatic carbocycles. The smallest absolute Gasteiger partial charge is 0.243 e. The maximum absolute atomic E-state index is 12.7. The van der Waals surface area contributed by atoms with E-state index in [1.807, 2.05) is 13.0 Å². The van der Waals surface area contributed by atoms with E-state index in [4.69, 9.17) is 5.73 Å². The van der Waals surface area contributed by atoms with Crippen molar-refractivity contribution < 1.29 is 8.42 Å². The molecule has 1 heterocycles. The molecule has 0 amide bonds. The topological polar surface area (TPSA) is 76.3 Å². The largest absolute Gasteiger partial charge is 0.326 e. The lowest BCUT2D eigenvalue weighted by molar-refractivity contribution is 0.468. The molecule has 2 N–H and O–H groups in total. The van der Waals surface area contributed by atoms with Crippen molar-refractivity contribution in [1.82, 2.24) is 9.29 Å². The summed E-state index contributed by atoms with van der Waals surface area (Å²) in [6, 6.07) is 5.20. The molecule has 0 saturated carbocycles. The fourth-order valence-corrected chi connectivity index (χ4v) is 4.41. The molecule has 0 aliphatic carbocycles. The Morgan fingerprint density at radius 1 is 1.33 bits per heavy atom. The second-order valence-corrected chi connectivity index (χ2v) is 7.82. The Hall–Kier alpha value is -1.28. The minimum Gasteiger partial charge on any atom is -0.326 e. The molecule has 2 aromatic rings. The van der Waals surface area contributed by atoms with Crippen molar-refractivity contribution in [2.45, 2.75) is 31.8 Å². The van der Waals surface area contributed by atoms with Gasteiger partial charge in [0.25, 0.3) is 0 Å². The molecule has 1 aromatic heterocycles. The van der Waals surface area contributed by atoms with Gasteiger partial charge in [-0.3, -0.25) is 0 Å². The lowest BCUT2D eigenvalue weighted by Crippen LogP contribution is -2.27. The van der Waals surface area contributed by atoms with E-state index in [0.717, 1.165) is 16.1 Å². The fraction of sp³-hybridized carbons (Fsp3) is 0.357. The summed E-state index contributed by atoms with van der Waals surface area (Å²) in [5.41, 5.74) is 9.81. The van der Waals surface area contributed by atoms with Crippen molar-refractivity contribution in [1.29, 1.82) is 0 Å². The van der Waals surface area contributed by atoms with Crippen molar-refractivity contribution in [3.8, 4) is 0 Å². The molecule has 21 heavy (non-hydrogen) atoms. The first-order valence-electron chi connectivity index (χ1n) is 6.51. The van der Waals surface area contributed by atoms with E-state index in [2.05, 4.69) is 4.98 Å². The van der Waals surface area contributed by atoms with E-state index < -0.39 is 10.0 Å². The first kappa shape index (κ1) is 16.1. The normalized spacial score (nSPS) is 12.0. The number of aromatic nitrogens is 1. The van der Waals surface area contributed by atoms with E-state index in [1.54, 1.807) is 31.6 Å². The van der Waals surface area contributed by atoms with Gasteiger partial charge >= 0.3 is 0 Å². The predicted molar refractivity (Wildman–Crippen MR) is 84.6 cm³/mol. The predicted octanol–water partition coefficient (Wildman–Crippen LogP) is 2.04. The number of benzene rings is 1. The minimum atomic E-state index is -3.54. The van der Waals surface area contributed by atoms with Crippen LogP contribution in [0.3, 0.4) is 0 Å². The average Bonchev–Trinajstić information content (AvgIpc) is 2.84. The Labute approximate surface area is 129 Å². The summed E-state index contributed by atoms with van der Waals surface area (Å²) in [5, 5.41) is 0. The van der Waals surface area contributed by atoms with Gasteiger partial charge in [-0.05, 0) is 31.0 Å². The SMILES string of the molecule is Cc1ncsc1CN(C)S(=O)(=O)c1cccc(CN)c1C. The summed E-state index contributed by atoms with van der Waals surface area (Å²) in [5.74, 6) is 0. The Morgan fingerprint density at radius 2 is 2.05 bits per heavy atom. The fourth-order valence-electron chi connectivity index (χ4n) is 2.09. The number of nitrogens with zero attached hydrogens (tertiary/aromatic N) is 2. The molecular weight excluding hydrogens is 306 g/mol. The number of sulfonamides is 1. The van der Waals surface area contributed by atoms with Crippen molar-refractivity contribution in [3.05, 3.63) is 45.4 Å². The number of nitrogens with two attached hydrogens (primary N) is 1. The van der Waals surface area contributed by atoms with Gasteiger partial charge in [-0.15, -0.1) is 11.3 Å². The van der Waals surface area contributed by atoms with Crippen LogP contribution in [0.2, 0.25) is 0 Å². The van der Waals surface area contributed by atoms with Gasteiger partial charge in [-0.2, -0.15) is 4.31 Å². The number of hydrogen-bond donors (Lipinski definition) is 1. The van der Waals surface area contributed by atoms with Gasteiger partial charge in [0, 0.05) is 25.0 Å². The molecule has 0 bridgehead atoms. The van der Waals surface area contributed by atoms with Gasteiger partial charge < -0.3 is 5.73 Å². The molecule has 7 heteroatoms. The van der Waals surface area contributed by atoms with E-state index in [0.29, 0.717) is 23.5 Å². The first-order valence-corrected chi connectivity index (χ1v) is 8.83. The summed E-state index contributed by atoms with van der Waals surface area (Å²) in [6.07, 6.45) is 0.